The van der Waals surface area contributed by atoms with Crippen molar-refractivity contribution in [1.82, 2.24) is 9.88 Å². The van der Waals surface area contributed by atoms with Crippen LogP contribution in [0.1, 0.15) is 23.1 Å². The smallest absolute Gasteiger partial charge is 0.240 e. The van der Waals surface area contributed by atoms with Gasteiger partial charge in [-0.25, -0.2) is 8.78 Å². The molecule has 0 spiro atoms. The Morgan fingerprint density at radius 1 is 1.15 bits per heavy atom. The van der Waals surface area contributed by atoms with Crippen LogP contribution in [0.15, 0.2) is 42.6 Å². The number of aliphatic hydroxyl groups is 1. The molecule has 2 aromatic carbocycles. The molecule has 0 atom stereocenters. The Morgan fingerprint density at radius 2 is 1.96 bits per heavy atom. The van der Waals surface area contributed by atoms with Gasteiger partial charge in [-0.1, -0.05) is 42.5 Å². The van der Waals surface area contributed by atoms with E-state index in [4.69, 9.17) is 12.2 Å². The SMILES string of the molecule is OCc1ccc2c(-c3cccc4c3CNC4=S)cn(CCC(F)F)c2c1. The van der Waals surface area contributed by atoms with Crippen molar-refractivity contribution < 1.29 is 13.9 Å². The van der Waals surface area contributed by atoms with Gasteiger partial charge in [-0.3, -0.25) is 0 Å². The number of aliphatic hydroxyl groups excluding tert-OH is 1. The maximum Gasteiger partial charge on any atom is 0.240 e. The highest BCUT2D eigenvalue weighted by Gasteiger charge is 2.21. The molecule has 3 aromatic rings. The third kappa shape index (κ3) is 2.89. The summed E-state index contributed by atoms with van der Waals surface area (Å²) < 4.78 is 27.3. The minimum Gasteiger partial charge on any atom is -0.392 e. The van der Waals surface area contributed by atoms with Gasteiger partial charge in [-0.2, -0.15) is 0 Å². The lowest BCUT2D eigenvalue weighted by molar-refractivity contribution is 0.132. The van der Waals surface area contributed by atoms with Crippen molar-refractivity contribution in [2.45, 2.75) is 32.5 Å². The molecule has 3 nitrogen and oxygen atoms in total. The molecule has 0 unspecified atom stereocenters. The fraction of sp³-hybridized carbons (Fsp3) is 0.250. The Kier molecular flexibility index (Phi) is 4.46. The van der Waals surface area contributed by atoms with Crippen molar-refractivity contribution in [1.29, 1.82) is 0 Å². The average Bonchev–Trinajstić information content (AvgIpc) is 3.20. The lowest BCUT2D eigenvalue weighted by atomic mass is 9.96. The van der Waals surface area contributed by atoms with E-state index >= 15 is 0 Å². The van der Waals surface area contributed by atoms with Crippen molar-refractivity contribution in [3.05, 3.63) is 59.3 Å². The molecule has 4 rings (SSSR count). The zero-order chi connectivity index (χ0) is 18.3. The second-order valence-electron chi connectivity index (χ2n) is 6.44. The van der Waals surface area contributed by atoms with Crippen molar-refractivity contribution in [2.24, 2.45) is 0 Å². The zero-order valence-corrected chi connectivity index (χ0v) is 14.8. The number of hydrogen-bond acceptors (Lipinski definition) is 2. The maximum atomic E-state index is 12.7. The highest BCUT2D eigenvalue weighted by atomic mass is 32.1. The summed E-state index contributed by atoms with van der Waals surface area (Å²) in [6.07, 6.45) is -0.615. The number of alkyl halides is 2. The average molecular weight is 372 g/mol. The van der Waals surface area contributed by atoms with Crippen LogP contribution in [0.5, 0.6) is 0 Å². The molecule has 2 heterocycles. The summed E-state index contributed by atoms with van der Waals surface area (Å²) in [7, 11) is 0. The molecular formula is C20H18F2N2OS. The predicted octanol–water partition coefficient (Wildman–Crippen LogP) is 4.23. The Morgan fingerprint density at radius 3 is 2.73 bits per heavy atom. The number of fused-ring (bicyclic) bond motifs is 2. The highest BCUT2D eigenvalue weighted by Crippen LogP contribution is 2.36. The Bertz CT molecular complexity index is 997. The Balaban J connectivity index is 1.90. The van der Waals surface area contributed by atoms with Crippen LogP contribution in [0.3, 0.4) is 0 Å². The first-order valence-corrected chi connectivity index (χ1v) is 8.90. The van der Waals surface area contributed by atoms with Crippen LogP contribution in [0.2, 0.25) is 0 Å². The van der Waals surface area contributed by atoms with Crippen LogP contribution >= 0.6 is 12.2 Å². The molecule has 0 bridgehead atoms. The third-order valence-electron chi connectivity index (χ3n) is 4.85. The first kappa shape index (κ1) is 17.1. The summed E-state index contributed by atoms with van der Waals surface area (Å²) >= 11 is 5.36. The van der Waals surface area contributed by atoms with Crippen molar-refractivity contribution in [3.8, 4) is 11.1 Å². The van der Waals surface area contributed by atoms with E-state index in [-0.39, 0.29) is 19.6 Å². The van der Waals surface area contributed by atoms with E-state index in [0.717, 1.165) is 43.7 Å². The van der Waals surface area contributed by atoms with E-state index in [1.165, 1.54) is 0 Å². The molecule has 1 aliphatic rings. The topological polar surface area (TPSA) is 37.2 Å². The van der Waals surface area contributed by atoms with E-state index in [1.54, 1.807) is 0 Å². The fourth-order valence-electron chi connectivity index (χ4n) is 3.58. The minimum atomic E-state index is -2.35. The molecule has 2 N–H and O–H groups in total. The molecule has 0 amide bonds. The van der Waals surface area contributed by atoms with Gasteiger partial charge >= 0.3 is 0 Å². The first-order chi connectivity index (χ1) is 12.6. The summed E-state index contributed by atoms with van der Waals surface area (Å²) in [5.74, 6) is 0. The van der Waals surface area contributed by atoms with E-state index < -0.39 is 6.43 Å². The molecule has 0 radical (unpaired) electrons. The van der Waals surface area contributed by atoms with E-state index in [1.807, 2.05) is 47.2 Å². The van der Waals surface area contributed by atoms with Crippen LogP contribution in [-0.2, 0) is 19.7 Å². The van der Waals surface area contributed by atoms with Gasteiger partial charge in [0.25, 0.3) is 0 Å². The number of aromatic nitrogens is 1. The molecule has 0 saturated heterocycles. The number of nitrogens with zero attached hydrogens (tertiary/aromatic N) is 1. The summed E-state index contributed by atoms with van der Waals surface area (Å²) in [5.41, 5.74) is 5.85. The zero-order valence-electron chi connectivity index (χ0n) is 14.0. The van der Waals surface area contributed by atoms with Crippen LogP contribution < -0.4 is 5.32 Å². The lowest BCUT2D eigenvalue weighted by Crippen LogP contribution is -2.10. The summed E-state index contributed by atoms with van der Waals surface area (Å²) in [6.45, 7) is 0.821. The minimum absolute atomic E-state index is 0.0791. The fourth-order valence-corrected chi connectivity index (χ4v) is 3.84. The van der Waals surface area contributed by atoms with Crippen LogP contribution in [0, 0.1) is 0 Å². The molecule has 0 aliphatic carbocycles. The number of nitrogens with one attached hydrogen (secondary N) is 1. The van der Waals surface area contributed by atoms with Gasteiger partial charge < -0.3 is 15.0 Å². The maximum absolute atomic E-state index is 12.7. The summed E-state index contributed by atoms with van der Waals surface area (Å²) in [6, 6.07) is 11.7. The molecular weight excluding hydrogens is 354 g/mol. The molecule has 1 aromatic heterocycles. The van der Waals surface area contributed by atoms with Crippen LogP contribution in [-0.4, -0.2) is 21.1 Å². The number of halogens is 2. The quantitative estimate of drug-likeness (QED) is 0.658. The molecule has 6 heteroatoms. The van der Waals surface area contributed by atoms with Crippen LogP contribution in [0.4, 0.5) is 8.78 Å². The number of aryl methyl sites for hydroxylation is 1. The third-order valence-corrected chi connectivity index (χ3v) is 5.22. The molecule has 1 aliphatic heterocycles. The van der Waals surface area contributed by atoms with Gasteiger partial charge in [-0.15, -0.1) is 0 Å². The lowest BCUT2D eigenvalue weighted by Gasteiger charge is -2.06. The van der Waals surface area contributed by atoms with E-state index in [2.05, 4.69) is 5.32 Å². The highest BCUT2D eigenvalue weighted by molar-refractivity contribution is 7.80. The number of rotatable bonds is 5. The van der Waals surface area contributed by atoms with Crippen molar-refractivity contribution in [2.75, 3.05) is 0 Å². The summed E-state index contributed by atoms with van der Waals surface area (Å²) in [4.78, 5) is 0.742. The second kappa shape index (κ2) is 6.78. The number of benzene rings is 2. The van der Waals surface area contributed by atoms with Crippen LogP contribution in [0.25, 0.3) is 22.0 Å². The van der Waals surface area contributed by atoms with E-state index in [0.29, 0.717) is 6.54 Å². The van der Waals surface area contributed by atoms with Gasteiger partial charge in [0, 0.05) is 47.7 Å². The van der Waals surface area contributed by atoms with Gasteiger partial charge in [0.2, 0.25) is 6.43 Å². The summed E-state index contributed by atoms with van der Waals surface area (Å²) in [5, 5.41) is 13.6. The Labute approximate surface area is 155 Å². The second-order valence-corrected chi connectivity index (χ2v) is 6.85. The van der Waals surface area contributed by atoms with Crippen molar-refractivity contribution >= 4 is 28.1 Å². The van der Waals surface area contributed by atoms with Gasteiger partial charge in [0.1, 0.15) is 4.99 Å². The van der Waals surface area contributed by atoms with Gasteiger partial charge in [-0.05, 0) is 22.8 Å². The molecule has 0 fully saturated rings. The molecule has 0 saturated carbocycles. The monoisotopic (exact) mass is 372 g/mol. The largest absolute Gasteiger partial charge is 0.392 e. The predicted molar refractivity (Wildman–Crippen MR) is 102 cm³/mol. The van der Waals surface area contributed by atoms with Gasteiger partial charge in [0.15, 0.2) is 0 Å². The molecule has 26 heavy (non-hydrogen) atoms. The van der Waals surface area contributed by atoms with Gasteiger partial charge in [0.05, 0.1) is 6.61 Å². The number of thiocarbonyl (C=S) groups is 1. The normalized spacial score (nSPS) is 13.5. The standard InChI is InChI=1S/C20H18F2N2OS/c21-19(22)6-7-24-10-17(14-5-4-12(11-25)8-18(14)24)13-2-1-3-15-16(13)9-23-20(15)26/h1-5,8,10,19,25H,6-7,9,11H2,(H,23,26). The Hall–Kier alpha value is -2.31. The van der Waals surface area contributed by atoms with E-state index in [9.17, 15) is 13.9 Å². The first-order valence-electron chi connectivity index (χ1n) is 8.49. The number of hydrogen-bond donors (Lipinski definition) is 2. The molecule has 134 valence electrons. The van der Waals surface area contributed by atoms with Crippen molar-refractivity contribution in [3.63, 3.8) is 0 Å².